The van der Waals surface area contributed by atoms with Crippen molar-refractivity contribution in [2.75, 3.05) is 0 Å². The van der Waals surface area contributed by atoms with Crippen LogP contribution in [0, 0.1) is 35.0 Å². The van der Waals surface area contributed by atoms with E-state index in [4.69, 9.17) is 5.26 Å². The molecule has 1 saturated heterocycles. The summed E-state index contributed by atoms with van der Waals surface area (Å²) in [5, 5.41) is 14.0. The first-order valence-corrected chi connectivity index (χ1v) is 7.79. The number of hydrogen-bond acceptors (Lipinski definition) is 4. The van der Waals surface area contributed by atoms with Crippen LogP contribution >= 0.6 is 0 Å². The third kappa shape index (κ3) is 2.10. The summed E-state index contributed by atoms with van der Waals surface area (Å²) in [6.45, 7) is 0. The van der Waals surface area contributed by atoms with E-state index in [1.54, 1.807) is 24.3 Å². The first kappa shape index (κ1) is 13.9. The Morgan fingerprint density at radius 2 is 1.61 bits per heavy atom. The van der Waals surface area contributed by atoms with Gasteiger partial charge in [-0.15, -0.1) is 0 Å². The number of amides is 2. The number of nitrogens with zero attached hydrogens (tertiary/aromatic N) is 3. The van der Waals surface area contributed by atoms with Gasteiger partial charge in [0.25, 0.3) is 11.8 Å². The lowest BCUT2D eigenvalue weighted by Crippen LogP contribution is -2.38. The van der Waals surface area contributed by atoms with Crippen LogP contribution in [0.4, 0.5) is 0 Å². The van der Waals surface area contributed by atoms with Crippen molar-refractivity contribution < 1.29 is 9.59 Å². The number of nitriles is 1. The number of benzene rings is 1. The summed E-state index contributed by atoms with van der Waals surface area (Å²) in [7, 11) is 0. The van der Waals surface area contributed by atoms with Gasteiger partial charge >= 0.3 is 0 Å². The number of hydrogen-bond donors (Lipinski definition) is 0. The van der Waals surface area contributed by atoms with Crippen LogP contribution in [0.3, 0.4) is 0 Å². The number of rotatable bonds is 2. The molecule has 1 heterocycles. The molecule has 23 heavy (non-hydrogen) atoms. The number of allylic oxidation sites excluding steroid dienone is 2. The lowest BCUT2D eigenvalue weighted by atomic mass is 9.63. The molecule has 5 nitrogen and oxygen atoms in total. The molecular formula is C18H15N3O2. The van der Waals surface area contributed by atoms with Crippen LogP contribution in [0.25, 0.3) is 0 Å². The third-order valence-corrected chi connectivity index (χ3v) is 5.10. The molecule has 3 aliphatic carbocycles. The highest BCUT2D eigenvalue weighted by atomic mass is 16.2. The van der Waals surface area contributed by atoms with E-state index in [0.29, 0.717) is 5.56 Å². The third-order valence-electron chi connectivity index (χ3n) is 5.10. The number of hydrazone groups is 1. The van der Waals surface area contributed by atoms with Gasteiger partial charge in [0.2, 0.25) is 0 Å². The fourth-order valence-corrected chi connectivity index (χ4v) is 3.94. The molecule has 4 aliphatic rings. The fourth-order valence-electron chi connectivity index (χ4n) is 3.94. The smallest absolute Gasteiger partial charge is 0.254 e. The van der Waals surface area contributed by atoms with Crippen LogP contribution in [0.1, 0.15) is 24.0 Å². The SMILES string of the molecule is N#Cc1ccc(/C=N\N2C(=O)[C@@H]3[C@H](C2=O)[C@@H]2C=C[C@@H]3CC2)cc1. The van der Waals surface area contributed by atoms with Crippen molar-refractivity contribution in [2.24, 2.45) is 28.8 Å². The zero-order chi connectivity index (χ0) is 16.0. The van der Waals surface area contributed by atoms with Crippen molar-refractivity contribution in [1.82, 2.24) is 5.01 Å². The zero-order valence-electron chi connectivity index (χ0n) is 12.4. The minimum Gasteiger partial charge on any atom is -0.272 e. The number of fused-ring (bicyclic) bond motifs is 1. The zero-order valence-corrected chi connectivity index (χ0v) is 12.4. The van der Waals surface area contributed by atoms with E-state index in [1.807, 2.05) is 6.07 Å². The van der Waals surface area contributed by atoms with E-state index in [0.717, 1.165) is 23.4 Å². The van der Waals surface area contributed by atoms with Crippen molar-refractivity contribution >= 4 is 18.0 Å². The minimum atomic E-state index is -0.232. The molecule has 0 aromatic heterocycles. The van der Waals surface area contributed by atoms with Gasteiger partial charge in [-0.2, -0.15) is 15.4 Å². The first-order valence-electron chi connectivity index (χ1n) is 7.79. The molecule has 114 valence electrons. The number of carbonyl (C=O) groups is 2. The van der Waals surface area contributed by atoms with E-state index in [2.05, 4.69) is 17.3 Å². The Hall–Kier alpha value is -2.74. The molecule has 2 fully saturated rings. The highest BCUT2D eigenvalue weighted by Gasteiger charge is 2.56. The van der Waals surface area contributed by atoms with Crippen LogP contribution in [0.5, 0.6) is 0 Å². The van der Waals surface area contributed by atoms with Crippen LogP contribution in [0.2, 0.25) is 0 Å². The molecule has 1 aliphatic heterocycles. The van der Waals surface area contributed by atoms with E-state index in [9.17, 15) is 9.59 Å². The maximum absolute atomic E-state index is 12.6. The first-order chi connectivity index (χ1) is 11.2. The largest absolute Gasteiger partial charge is 0.272 e. The summed E-state index contributed by atoms with van der Waals surface area (Å²) < 4.78 is 0. The van der Waals surface area contributed by atoms with Gasteiger partial charge in [0.15, 0.2) is 0 Å². The van der Waals surface area contributed by atoms with Crippen LogP contribution in [0.15, 0.2) is 41.5 Å². The van der Waals surface area contributed by atoms with Crippen molar-refractivity contribution in [3.05, 3.63) is 47.5 Å². The van der Waals surface area contributed by atoms with Crippen molar-refractivity contribution in [3.8, 4) is 6.07 Å². The Bertz CT molecular complexity index is 740. The molecule has 0 unspecified atom stereocenters. The Morgan fingerprint density at radius 3 is 2.09 bits per heavy atom. The summed E-state index contributed by atoms with van der Waals surface area (Å²) in [4.78, 5) is 25.2. The van der Waals surface area contributed by atoms with E-state index in [-0.39, 0.29) is 35.5 Å². The lowest BCUT2D eigenvalue weighted by Gasteiger charge is -2.37. The summed E-state index contributed by atoms with van der Waals surface area (Å²) in [5.74, 6) is -0.463. The molecule has 5 heteroatoms. The maximum atomic E-state index is 12.6. The van der Waals surface area contributed by atoms with Crippen molar-refractivity contribution in [1.29, 1.82) is 5.26 Å². The molecule has 4 atom stereocenters. The van der Waals surface area contributed by atoms with Gasteiger partial charge in [0, 0.05) is 0 Å². The van der Waals surface area contributed by atoms with E-state index >= 15 is 0 Å². The second-order valence-corrected chi connectivity index (χ2v) is 6.31. The number of imide groups is 1. The average Bonchev–Trinajstić information content (AvgIpc) is 2.88. The monoisotopic (exact) mass is 305 g/mol. The van der Waals surface area contributed by atoms with Gasteiger partial charge in [-0.05, 0) is 42.4 Å². The van der Waals surface area contributed by atoms with Crippen LogP contribution in [-0.4, -0.2) is 23.0 Å². The predicted octanol–water partition coefficient (Wildman–Crippen LogP) is 2.09. The summed E-state index contributed by atoms with van der Waals surface area (Å²) in [5.41, 5.74) is 1.31. The van der Waals surface area contributed by atoms with Gasteiger partial charge in [0.1, 0.15) is 0 Å². The van der Waals surface area contributed by atoms with Crippen molar-refractivity contribution in [2.45, 2.75) is 12.8 Å². The fraction of sp³-hybridized carbons (Fsp3) is 0.333. The maximum Gasteiger partial charge on any atom is 0.254 e. The second-order valence-electron chi connectivity index (χ2n) is 6.31. The Morgan fingerprint density at radius 1 is 1.04 bits per heavy atom. The summed E-state index contributed by atoms with van der Waals surface area (Å²) >= 11 is 0. The topological polar surface area (TPSA) is 73.5 Å². The molecule has 0 N–H and O–H groups in total. The second kappa shape index (κ2) is 5.17. The molecule has 1 aromatic rings. The van der Waals surface area contributed by atoms with Gasteiger partial charge in [-0.3, -0.25) is 9.59 Å². The molecule has 2 amide bonds. The Labute approximate surface area is 133 Å². The average molecular weight is 305 g/mol. The summed E-state index contributed by atoms with van der Waals surface area (Å²) in [6, 6.07) is 8.89. The lowest BCUT2D eigenvalue weighted by molar-refractivity contribution is -0.140. The highest BCUT2D eigenvalue weighted by Crippen LogP contribution is 2.49. The van der Waals surface area contributed by atoms with E-state index in [1.165, 1.54) is 6.21 Å². The molecule has 5 rings (SSSR count). The van der Waals surface area contributed by atoms with Crippen molar-refractivity contribution in [3.63, 3.8) is 0 Å². The Balaban J connectivity index is 1.58. The minimum absolute atomic E-state index is 0.177. The molecule has 2 bridgehead atoms. The van der Waals surface area contributed by atoms with Gasteiger partial charge < -0.3 is 0 Å². The van der Waals surface area contributed by atoms with Crippen LogP contribution < -0.4 is 0 Å². The Kier molecular flexibility index (Phi) is 3.12. The van der Waals surface area contributed by atoms with Gasteiger partial charge in [-0.1, -0.05) is 24.3 Å². The van der Waals surface area contributed by atoms with E-state index < -0.39 is 0 Å². The quantitative estimate of drug-likeness (QED) is 0.477. The van der Waals surface area contributed by atoms with Gasteiger partial charge in [-0.25, -0.2) is 0 Å². The molecule has 1 aromatic carbocycles. The summed E-state index contributed by atoms with van der Waals surface area (Å²) in [6.07, 6.45) is 7.65. The predicted molar refractivity (Wildman–Crippen MR) is 82.9 cm³/mol. The van der Waals surface area contributed by atoms with Gasteiger partial charge in [0.05, 0.1) is 29.7 Å². The highest BCUT2D eigenvalue weighted by molar-refractivity contribution is 6.06. The standard InChI is InChI=1S/C18H15N3O2/c19-9-11-1-3-12(4-2-11)10-20-21-17(22)15-13-5-6-14(8-7-13)16(15)18(21)23/h1-6,10,13-16H,7-8H2/b20-10-/t13-,14-,15-,16+/m1/s1. The molecule has 1 saturated carbocycles. The molecule has 0 radical (unpaired) electrons. The normalized spacial score (nSPS) is 31.7. The molecular weight excluding hydrogens is 290 g/mol. The number of carbonyl (C=O) groups excluding carboxylic acids is 2. The van der Waals surface area contributed by atoms with Crippen LogP contribution in [-0.2, 0) is 9.59 Å². The molecule has 0 spiro atoms.